The van der Waals surface area contributed by atoms with Gasteiger partial charge >= 0.3 is 11.7 Å². The van der Waals surface area contributed by atoms with E-state index in [1.165, 1.54) is 6.20 Å². The number of nitriles is 1. The van der Waals surface area contributed by atoms with E-state index in [-0.39, 0.29) is 30.0 Å². The molecule has 17 heavy (non-hydrogen) atoms. The minimum Gasteiger partial charge on any atom is -0.481 e. The lowest BCUT2D eigenvalue weighted by Crippen LogP contribution is -2.10. The fourth-order valence-corrected chi connectivity index (χ4v) is 1.08. The van der Waals surface area contributed by atoms with Crippen LogP contribution < -0.4 is 5.32 Å². The van der Waals surface area contributed by atoms with Crippen molar-refractivity contribution < 1.29 is 14.8 Å². The number of hydrogen-bond donors (Lipinski definition) is 2. The highest BCUT2D eigenvalue weighted by Crippen LogP contribution is 2.22. The van der Waals surface area contributed by atoms with Gasteiger partial charge in [0.05, 0.1) is 16.9 Å². The highest BCUT2D eigenvalue weighted by Gasteiger charge is 2.16. The van der Waals surface area contributed by atoms with Crippen molar-refractivity contribution in [2.24, 2.45) is 0 Å². The molecule has 1 aromatic rings. The number of carboxylic acids is 1. The second kappa shape index (κ2) is 5.41. The summed E-state index contributed by atoms with van der Waals surface area (Å²) < 4.78 is 0. The van der Waals surface area contributed by atoms with E-state index < -0.39 is 10.9 Å². The topological polar surface area (TPSA) is 129 Å². The molecule has 0 amide bonds. The van der Waals surface area contributed by atoms with Gasteiger partial charge < -0.3 is 10.4 Å². The molecule has 1 aromatic heterocycles. The third kappa shape index (κ3) is 3.42. The lowest BCUT2D eigenvalue weighted by Gasteiger charge is -2.04. The number of nitro groups is 1. The van der Waals surface area contributed by atoms with E-state index in [4.69, 9.17) is 10.4 Å². The Morgan fingerprint density at radius 1 is 1.71 bits per heavy atom. The fourth-order valence-electron chi connectivity index (χ4n) is 1.08. The van der Waals surface area contributed by atoms with Crippen molar-refractivity contribution >= 4 is 17.5 Å². The first-order valence-electron chi connectivity index (χ1n) is 4.55. The largest absolute Gasteiger partial charge is 0.481 e. The molecule has 0 saturated heterocycles. The van der Waals surface area contributed by atoms with Gasteiger partial charge in [0.25, 0.3) is 0 Å². The van der Waals surface area contributed by atoms with E-state index in [1.807, 2.05) is 0 Å². The van der Waals surface area contributed by atoms with Crippen molar-refractivity contribution in [2.45, 2.75) is 6.42 Å². The number of anilines is 1. The third-order valence-electron chi connectivity index (χ3n) is 1.82. The van der Waals surface area contributed by atoms with Crippen molar-refractivity contribution in [3.8, 4) is 6.07 Å². The maximum Gasteiger partial charge on any atom is 0.312 e. The number of nitrogens with one attached hydrogen (secondary N) is 1. The summed E-state index contributed by atoms with van der Waals surface area (Å²) in [6.45, 7) is 0.0229. The van der Waals surface area contributed by atoms with Crippen LogP contribution in [0.4, 0.5) is 11.5 Å². The number of aliphatic carboxylic acids is 1. The van der Waals surface area contributed by atoms with Crippen molar-refractivity contribution in [2.75, 3.05) is 11.9 Å². The number of aromatic nitrogens is 1. The lowest BCUT2D eigenvalue weighted by atomic mass is 10.2. The van der Waals surface area contributed by atoms with Crippen LogP contribution in [0, 0.1) is 21.4 Å². The zero-order valence-electron chi connectivity index (χ0n) is 8.58. The van der Waals surface area contributed by atoms with Crippen molar-refractivity contribution in [3.05, 3.63) is 27.9 Å². The smallest absolute Gasteiger partial charge is 0.312 e. The number of carboxylic acid groups (broad SMARTS) is 1. The zero-order valence-corrected chi connectivity index (χ0v) is 8.58. The van der Waals surface area contributed by atoms with Crippen LogP contribution in [0.5, 0.6) is 0 Å². The number of pyridine rings is 1. The van der Waals surface area contributed by atoms with Gasteiger partial charge in [0, 0.05) is 18.8 Å². The van der Waals surface area contributed by atoms with Gasteiger partial charge in [0.15, 0.2) is 0 Å². The Hall–Kier alpha value is -2.69. The molecule has 0 saturated carbocycles. The van der Waals surface area contributed by atoms with Crippen molar-refractivity contribution in [1.82, 2.24) is 4.98 Å². The molecule has 0 aliphatic carbocycles. The number of carbonyl (C=O) groups is 1. The molecule has 0 aliphatic rings. The molecular formula is C9H8N4O4. The van der Waals surface area contributed by atoms with Crippen LogP contribution in [-0.2, 0) is 4.79 Å². The standard InChI is InChI=1S/C9H8N4O4/c10-4-6-3-7(13(16)17)9(12-5-6)11-2-1-8(14)15/h3,5H,1-2H2,(H,11,12)(H,14,15). The normalized spacial score (nSPS) is 9.35. The molecule has 1 heterocycles. The average molecular weight is 236 g/mol. The summed E-state index contributed by atoms with van der Waals surface area (Å²) in [7, 11) is 0. The third-order valence-corrected chi connectivity index (χ3v) is 1.82. The Bertz CT molecular complexity index is 494. The molecule has 1 rings (SSSR count). The van der Waals surface area contributed by atoms with E-state index >= 15 is 0 Å². The SMILES string of the molecule is N#Cc1cnc(NCCC(=O)O)c([N+](=O)[O-])c1. The van der Waals surface area contributed by atoms with Crippen LogP contribution in [0.1, 0.15) is 12.0 Å². The Balaban J connectivity index is 2.88. The van der Waals surface area contributed by atoms with Gasteiger partial charge in [-0.25, -0.2) is 4.98 Å². The highest BCUT2D eigenvalue weighted by atomic mass is 16.6. The predicted molar refractivity (Wildman–Crippen MR) is 56.3 cm³/mol. The molecule has 0 fully saturated rings. The molecule has 0 spiro atoms. The summed E-state index contributed by atoms with van der Waals surface area (Å²) >= 11 is 0. The Morgan fingerprint density at radius 2 is 2.41 bits per heavy atom. The maximum atomic E-state index is 10.7. The molecule has 8 heteroatoms. The first-order valence-corrected chi connectivity index (χ1v) is 4.55. The Morgan fingerprint density at radius 3 is 2.94 bits per heavy atom. The molecular weight excluding hydrogens is 228 g/mol. The summed E-state index contributed by atoms with van der Waals surface area (Å²) in [5.74, 6) is -1.07. The quantitative estimate of drug-likeness (QED) is 0.569. The second-order valence-corrected chi connectivity index (χ2v) is 3.03. The van der Waals surface area contributed by atoms with Crippen molar-refractivity contribution in [3.63, 3.8) is 0 Å². The van der Waals surface area contributed by atoms with Crippen LogP contribution in [0.15, 0.2) is 12.3 Å². The molecule has 0 aromatic carbocycles. The maximum absolute atomic E-state index is 10.7. The van der Waals surface area contributed by atoms with E-state index in [0.717, 1.165) is 6.07 Å². The van der Waals surface area contributed by atoms with Gasteiger partial charge in [-0.15, -0.1) is 0 Å². The molecule has 0 bridgehead atoms. The van der Waals surface area contributed by atoms with Crippen molar-refractivity contribution in [1.29, 1.82) is 5.26 Å². The predicted octanol–water partition coefficient (Wildman–Crippen LogP) is 0.748. The fraction of sp³-hybridized carbons (Fsp3) is 0.222. The van der Waals surface area contributed by atoms with E-state index in [0.29, 0.717) is 0 Å². The second-order valence-electron chi connectivity index (χ2n) is 3.03. The van der Waals surface area contributed by atoms with E-state index in [9.17, 15) is 14.9 Å². The van der Waals surface area contributed by atoms with Crippen LogP contribution in [0.2, 0.25) is 0 Å². The summed E-state index contributed by atoms with van der Waals surface area (Å²) in [6, 6.07) is 2.81. The van der Waals surface area contributed by atoms with Gasteiger partial charge in [0.1, 0.15) is 6.07 Å². The molecule has 8 nitrogen and oxygen atoms in total. The zero-order chi connectivity index (χ0) is 12.8. The first-order chi connectivity index (χ1) is 8.04. The van der Waals surface area contributed by atoms with E-state index in [2.05, 4.69) is 10.3 Å². The van der Waals surface area contributed by atoms with Gasteiger partial charge in [-0.3, -0.25) is 14.9 Å². The molecule has 2 N–H and O–H groups in total. The van der Waals surface area contributed by atoms with E-state index in [1.54, 1.807) is 6.07 Å². The molecule has 0 unspecified atom stereocenters. The molecule has 0 aliphatic heterocycles. The van der Waals surface area contributed by atoms with Gasteiger partial charge in [-0.1, -0.05) is 0 Å². The van der Waals surface area contributed by atoms with Gasteiger partial charge in [-0.2, -0.15) is 5.26 Å². The number of hydrogen-bond acceptors (Lipinski definition) is 6. The summed E-state index contributed by atoms with van der Waals surface area (Å²) in [5.41, 5.74) is -0.282. The minimum absolute atomic E-state index is 0.0229. The van der Waals surface area contributed by atoms with Gasteiger partial charge in [0.2, 0.25) is 5.82 Å². The minimum atomic E-state index is -1.02. The average Bonchev–Trinajstić information content (AvgIpc) is 2.28. The lowest BCUT2D eigenvalue weighted by molar-refractivity contribution is -0.384. The van der Waals surface area contributed by atoms with Crippen LogP contribution >= 0.6 is 0 Å². The number of rotatable bonds is 5. The summed E-state index contributed by atoms with van der Waals surface area (Å²) in [5, 5.41) is 30.2. The molecule has 0 atom stereocenters. The Labute approximate surface area is 95.7 Å². The van der Waals surface area contributed by atoms with Crippen LogP contribution in [0.3, 0.4) is 0 Å². The van der Waals surface area contributed by atoms with Gasteiger partial charge in [-0.05, 0) is 0 Å². The number of nitrogens with zero attached hydrogens (tertiary/aromatic N) is 3. The summed E-state index contributed by atoms with van der Waals surface area (Å²) in [6.07, 6.45) is 0.995. The van der Waals surface area contributed by atoms with Crippen LogP contribution in [0.25, 0.3) is 0 Å². The highest BCUT2D eigenvalue weighted by molar-refractivity contribution is 5.68. The summed E-state index contributed by atoms with van der Waals surface area (Å²) in [4.78, 5) is 24.0. The Kier molecular flexibility index (Phi) is 3.94. The molecule has 0 radical (unpaired) electrons. The monoisotopic (exact) mass is 236 g/mol. The molecule has 88 valence electrons. The first kappa shape index (κ1) is 12.4. The van der Waals surface area contributed by atoms with Crippen LogP contribution in [-0.4, -0.2) is 27.5 Å².